The largest absolute Gasteiger partial charge is 0.468 e. The van der Waals surface area contributed by atoms with E-state index in [9.17, 15) is 4.79 Å². The molecular formula is C14H22N2O3. The topological polar surface area (TPSA) is 54.7 Å². The first-order valence-corrected chi connectivity index (χ1v) is 6.59. The number of aryl methyl sites for hydroxylation is 1. The van der Waals surface area contributed by atoms with E-state index in [0.29, 0.717) is 25.7 Å². The van der Waals surface area contributed by atoms with E-state index in [1.54, 1.807) is 11.2 Å². The summed E-state index contributed by atoms with van der Waals surface area (Å²) in [7, 11) is 0. The van der Waals surface area contributed by atoms with E-state index in [0.717, 1.165) is 11.3 Å². The molecule has 0 spiro atoms. The van der Waals surface area contributed by atoms with Crippen LogP contribution in [0, 0.1) is 6.92 Å². The lowest BCUT2D eigenvalue weighted by atomic mass is 10.1. The summed E-state index contributed by atoms with van der Waals surface area (Å²) in [6, 6.07) is 2.27. The maximum atomic E-state index is 11.7. The summed E-state index contributed by atoms with van der Waals surface area (Å²) in [5, 5.41) is 3.37. The van der Waals surface area contributed by atoms with Crippen LogP contribution in [0.25, 0.3) is 0 Å². The molecule has 0 bridgehead atoms. The molecule has 1 aromatic rings. The van der Waals surface area contributed by atoms with Crippen LogP contribution in [0.15, 0.2) is 16.7 Å². The van der Waals surface area contributed by atoms with E-state index in [-0.39, 0.29) is 6.09 Å². The molecule has 1 amide bonds. The Morgan fingerprint density at radius 3 is 2.74 bits per heavy atom. The number of furan rings is 1. The molecule has 106 valence electrons. The van der Waals surface area contributed by atoms with Gasteiger partial charge in [0.1, 0.15) is 11.4 Å². The molecule has 5 heteroatoms. The van der Waals surface area contributed by atoms with Crippen molar-refractivity contribution < 1.29 is 13.9 Å². The monoisotopic (exact) mass is 266 g/mol. The van der Waals surface area contributed by atoms with Crippen LogP contribution in [0.1, 0.15) is 32.1 Å². The molecule has 1 aromatic heterocycles. The third-order valence-electron chi connectivity index (χ3n) is 3.05. The smallest absolute Gasteiger partial charge is 0.410 e. The van der Waals surface area contributed by atoms with Crippen molar-refractivity contribution in [3.8, 4) is 0 Å². The van der Waals surface area contributed by atoms with Crippen molar-refractivity contribution in [3.63, 3.8) is 0 Å². The van der Waals surface area contributed by atoms with Crippen LogP contribution in [0.4, 0.5) is 4.79 Å². The van der Waals surface area contributed by atoms with Crippen molar-refractivity contribution in [2.75, 3.05) is 13.1 Å². The molecule has 1 aliphatic rings. The van der Waals surface area contributed by atoms with Crippen LogP contribution in [-0.4, -0.2) is 35.7 Å². The molecule has 0 radical (unpaired) electrons. The second-order valence-corrected chi connectivity index (χ2v) is 5.99. The highest BCUT2D eigenvalue weighted by Crippen LogP contribution is 2.16. The van der Waals surface area contributed by atoms with Gasteiger partial charge in [0.15, 0.2) is 0 Å². The van der Waals surface area contributed by atoms with Gasteiger partial charge in [0.25, 0.3) is 0 Å². The minimum atomic E-state index is -0.430. The number of amides is 1. The van der Waals surface area contributed by atoms with E-state index in [1.807, 2.05) is 33.8 Å². The molecule has 1 fully saturated rings. The number of ether oxygens (including phenoxy) is 1. The standard InChI is InChI=1S/C14H22N2O3/c1-10-5-6-18-12(10)7-15-11-8-16(9-11)13(17)19-14(2,3)4/h5-6,11,15H,7-9H2,1-4H3. The van der Waals surface area contributed by atoms with Gasteiger partial charge in [-0.1, -0.05) is 0 Å². The first-order chi connectivity index (χ1) is 8.85. The normalized spacial score (nSPS) is 16.3. The maximum absolute atomic E-state index is 11.7. The number of likely N-dealkylation sites (tertiary alicyclic amines) is 1. The number of hydrogen-bond donors (Lipinski definition) is 1. The van der Waals surface area contributed by atoms with Gasteiger partial charge in [-0.3, -0.25) is 0 Å². The summed E-state index contributed by atoms with van der Waals surface area (Å²) in [5.74, 6) is 0.954. The average Bonchev–Trinajstić information content (AvgIpc) is 2.59. The Kier molecular flexibility index (Phi) is 3.85. The summed E-state index contributed by atoms with van der Waals surface area (Å²) < 4.78 is 10.7. The van der Waals surface area contributed by atoms with Gasteiger partial charge in [-0.15, -0.1) is 0 Å². The molecule has 0 aromatic carbocycles. The summed E-state index contributed by atoms with van der Waals surface area (Å²) in [4.78, 5) is 13.4. The highest BCUT2D eigenvalue weighted by Gasteiger charge is 2.33. The quantitative estimate of drug-likeness (QED) is 0.912. The Bertz CT molecular complexity index is 442. The van der Waals surface area contributed by atoms with Gasteiger partial charge >= 0.3 is 6.09 Å². The van der Waals surface area contributed by atoms with Gasteiger partial charge in [-0.25, -0.2) is 4.79 Å². The van der Waals surface area contributed by atoms with Crippen molar-refractivity contribution in [3.05, 3.63) is 23.7 Å². The third-order valence-corrected chi connectivity index (χ3v) is 3.05. The first-order valence-electron chi connectivity index (χ1n) is 6.59. The predicted molar refractivity (Wildman–Crippen MR) is 71.9 cm³/mol. The number of rotatable bonds is 3. The van der Waals surface area contributed by atoms with E-state index >= 15 is 0 Å². The van der Waals surface area contributed by atoms with Gasteiger partial charge in [-0.2, -0.15) is 0 Å². The number of carbonyl (C=O) groups is 1. The number of hydrogen-bond acceptors (Lipinski definition) is 4. The molecule has 2 heterocycles. The molecule has 1 aliphatic heterocycles. The molecule has 1 N–H and O–H groups in total. The molecule has 0 saturated carbocycles. The molecule has 2 rings (SSSR count). The number of nitrogens with zero attached hydrogens (tertiary/aromatic N) is 1. The lowest BCUT2D eigenvalue weighted by Crippen LogP contribution is -2.60. The zero-order valence-corrected chi connectivity index (χ0v) is 12.0. The molecule has 19 heavy (non-hydrogen) atoms. The summed E-state index contributed by atoms with van der Waals surface area (Å²) in [6.07, 6.45) is 1.46. The van der Waals surface area contributed by atoms with Crippen LogP contribution in [-0.2, 0) is 11.3 Å². The fourth-order valence-corrected chi connectivity index (χ4v) is 1.91. The van der Waals surface area contributed by atoms with Crippen LogP contribution < -0.4 is 5.32 Å². The summed E-state index contributed by atoms with van der Waals surface area (Å²) in [6.45, 7) is 9.73. The third kappa shape index (κ3) is 3.73. The fourth-order valence-electron chi connectivity index (χ4n) is 1.91. The lowest BCUT2D eigenvalue weighted by molar-refractivity contribution is 0.00504. The van der Waals surface area contributed by atoms with E-state index < -0.39 is 5.60 Å². The Morgan fingerprint density at radius 2 is 2.21 bits per heavy atom. The van der Waals surface area contributed by atoms with Crippen molar-refractivity contribution in [2.24, 2.45) is 0 Å². The Labute approximate surface area is 113 Å². The first kappa shape index (κ1) is 13.9. The second-order valence-electron chi connectivity index (χ2n) is 5.99. The van der Waals surface area contributed by atoms with Crippen molar-refractivity contribution in [1.29, 1.82) is 0 Å². The maximum Gasteiger partial charge on any atom is 0.410 e. The molecule has 0 unspecified atom stereocenters. The highest BCUT2D eigenvalue weighted by atomic mass is 16.6. The Morgan fingerprint density at radius 1 is 1.53 bits per heavy atom. The summed E-state index contributed by atoms with van der Waals surface area (Å²) >= 11 is 0. The van der Waals surface area contributed by atoms with Crippen molar-refractivity contribution in [1.82, 2.24) is 10.2 Å². The van der Waals surface area contributed by atoms with Crippen LogP contribution in [0.2, 0.25) is 0 Å². The van der Waals surface area contributed by atoms with E-state index in [1.165, 1.54) is 0 Å². The van der Waals surface area contributed by atoms with Crippen molar-refractivity contribution >= 4 is 6.09 Å². The molecular weight excluding hydrogens is 244 g/mol. The Hall–Kier alpha value is -1.49. The van der Waals surface area contributed by atoms with Gasteiger partial charge in [-0.05, 0) is 39.3 Å². The zero-order chi connectivity index (χ0) is 14.0. The van der Waals surface area contributed by atoms with E-state index in [4.69, 9.17) is 9.15 Å². The fraction of sp³-hybridized carbons (Fsp3) is 0.643. The lowest BCUT2D eigenvalue weighted by Gasteiger charge is -2.40. The van der Waals surface area contributed by atoms with Gasteiger partial charge in [0, 0.05) is 19.1 Å². The average molecular weight is 266 g/mol. The van der Waals surface area contributed by atoms with Crippen molar-refractivity contribution in [2.45, 2.75) is 45.9 Å². The van der Waals surface area contributed by atoms with E-state index in [2.05, 4.69) is 5.32 Å². The minimum absolute atomic E-state index is 0.236. The Balaban J connectivity index is 1.69. The molecule has 0 aliphatic carbocycles. The van der Waals surface area contributed by atoms with Gasteiger partial charge in [0.2, 0.25) is 0 Å². The van der Waals surface area contributed by atoms with Gasteiger partial charge in [0.05, 0.1) is 12.8 Å². The zero-order valence-electron chi connectivity index (χ0n) is 12.0. The van der Waals surface area contributed by atoms with Crippen LogP contribution in [0.5, 0.6) is 0 Å². The summed E-state index contributed by atoms with van der Waals surface area (Å²) in [5.41, 5.74) is 0.719. The number of nitrogens with one attached hydrogen (secondary N) is 1. The molecule has 1 saturated heterocycles. The van der Waals surface area contributed by atoms with Crippen LogP contribution >= 0.6 is 0 Å². The number of carbonyl (C=O) groups excluding carboxylic acids is 1. The molecule has 5 nitrogen and oxygen atoms in total. The molecule has 0 atom stereocenters. The predicted octanol–water partition coefficient (Wildman–Crippen LogP) is 2.30. The highest BCUT2D eigenvalue weighted by molar-refractivity contribution is 5.69. The minimum Gasteiger partial charge on any atom is -0.468 e. The van der Waals surface area contributed by atoms with Gasteiger partial charge < -0.3 is 19.4 Å². The second kappa shape index (κ2) is 5.25. The SMILES string of the molecule is Cc1ccoc1CNC1CN(C(=O)OC(C)(C)C)C1. The van der Waals surface area contributed by atoms with Crippen LogP contribution in [0.3, 0.4) is 0 Å².